The fourth-order valence-electron chi connectivity index (χ4n) is 2.93. The normalized spacial score (nSPS) is 11.3. The summed E-state index contributed by atoms with van der Waals surface area (Å²) in [6.07, 6.45) is 8.95. The van der Waals surface area contributed by atoms with Crippen molar-refractivity contribution in [1.29, 1.82) is 0 Å². The summed E-state index contributed by atoms with van der Waals surface area (Å²) >= 11 is 0. The van der Waals surface area contributed by atoms with Gasteiger partial charge in [0.2, 0.25) is 5.91 Å². The van der Waals surface area contributed by atoms with Gasteiger partial charge in [-0.1, -0.05) is 64.9 Å². The Hall–Kier alpha value is -1.93. The molecule has 1 aromatic rings. The van der Waals surface area contributed by atoms with Crippen molar-refractivity contribution >= 4 is 27.7 Å². The van der Waals surface area contributed by atoms with Gasteiger partial charge in [0, 0.05) is 12.8 Å². The molecule has 1 aromatic carbocycles. The summed E-state index contributed by atoms with van der Waals surface area (Å²) in [6.45, 7) is 4.13. The number of benzene rings is 1. The van der Waals surface area contributed by atoms with Crippen molar-refractivity contribution in [3.05, 3.63) is 18.2 Å². The minimum atomic E-state index is -4.71. The largest absolute Gasteiger partial charge is 0.425 e. The second-order valence-corrected chi connectivity index (χ2v) is 8.46. The van der Waals surface area contributed by atoms with Gasteiger partial charge in [0.25, 0.3) is 10.1 Å². The molecule has 0 saturated heterocycles. The Morgan fingerprint density at radius 2 is 1.52 bits per heavy atom. The van der Waals surface area contributed by atoms with E-state index in [0.29, 0.717) is 12.8 Å². The smallest absolute Gasteiger partial charge is 0.311 e. The lowest BCUT2D eigenvalue weighted by molar-refractivity contribution is -0.134. The number of amides is 1. The molecule has 0 aliphatic heterocycles. The minimum Gasteiger partial charge on any atom is -0.425 e. The molecule has 0 bridgehead atoms. The summed E-state index contributed by atoms with van der Waals surface area (Å²) in [6, 6.07) is 4.10. The van der Waals surface area contributed by atoms with E-state index >= 15 is 0 Å². The number of hydrogen-bond acceptors (Lipinski definition) is 5. The fourth-order valence-corrected chi connectivity index (χ4v) is 3.69. The Balaban J connectivity index is 2.79. The average molecular weight is 428 g/mol. The standard InChI is InChI=1S/C21H33NO6S/c1-3-5-7-8-9-11-15-19(23)22-17-13-12-14-18(21(17)29(25,26)27)28-20(24)16-10-6-4-2/h12-14H,3-11,15-16H2,1-2H3,(H,22,23)(H,25,26,27). The van der Waals surface area contributed by atoms with E-state index in [2.05, 4.69) is 12.2 Å². The predicted molar refractivity (Wildman–Crippen MR) is 113 cm³/mol. The van der Waals surface area contributed by atoms with E-state index in [4.69, 9.17) is 4.74 Å². The summed E-state index contributed by atoms with van der Waals surface area (Å²) in [7, 11) is -4.71. The second kappa shape index (κ2) is 13.3. The minimum absolute atomic E-state index is 0.0951. The van der Waals surface area contributed by atoms with Crippen LogP contribution in [-0.4, -0.2) is 24.8 Å². The van der Waals surface area contributed by atoms with Crippen molar-refractivity contribution in [1.82, 2.24) is 0 Å². The van der Waals surface area contributed by atoms with E-state index in [1.165, 1.54) is 24.6 Å². The van der Waals surface area contributed by atoms with E-state index in [9.17, 15) is 22.6 Å². The zero-order valence-electron chi connectivity index (χ0n) is 17.4. The van der Waals surface area contributed by atoms with E-state index < -0.39 is 21.0 Å². The molecule has 1 rings (SSSR count). The lowest BCUT2D eigenvalue weighted by Gasteiger charge is -2.13. The summed E-state index contributed by atoms with van der Waals surface area (Å²) in [5, 5.41) is 2.52. The highest BCUT2D eigenvalue weighted by molar-refractivity contribution is 7.86. The van der Waals surface area contributed by atoms with Gasteiger partial charge >= 0.3 is 5.97 Å². The van der Waals surface area contributed by atoms with Crippen LogP contribution >= 0.6 is 0 Å². The molecule has 0 unspecified atom stereocenters. The molecule has 1 amide bonds. The number of esters is 1. The molecule has 2 N–H and O–H groups in total. The van der Waals surface area contributed by atoms with Gasteiger partial charge in [-0.05, 0) is 25.0 Å². The summed E-state index contributed by atoms with van der Waals surface area (Å²) < 4.78 is 38.5. The monoisotopic (exact) mass is 427 g/mol. The van der Waals surface area contributed by atoms with Crippen molar-refractivity contribution in [2.45, 2.75) is 89.4 Å². The molecule has 0 spiro atoms. The third-order valence-corrected chi connectivity index (χ3v) is 5.41. The van der Waals surface area contributed by atoms with E-state index in [-0.39, 0.29) is 30.2 Å². The maximum atomic E-state index is 12.2. The Morgan fingerprint density at radius 1 is 0.931 bits per heavy atom. The number of hydrogen-bond donors (Lipinski definition) is 2. The van der Waals surface area contributed by atoms with Crippen LogP contribution in [0.15, 0.2) is 23.1 Å². The third-order valence-electron chi connectivity index (χ3n) is 4.48. The maximum Gasteiger partial charge on any atom is 0.311 e. The number of anilines is 1. The number of carbonyl (C=O) groups is 2. The van der Waals surface area contributed by atoms with Crippen LogP contribution < -0.4 is 10.1 Å². The summed E-state index contributed by atoms with van der Waals surface area (Å²) in [5.41, 5.74) is -0.0951. The highest BCUT2D eigenvalue weighted by Crippen LogP contribution is 2.32. The van der Waals surface area contributed by atoms with Crippen LogP contribution in [0, 0.1) is 0 Å². The molecule has 0 heterocycles. The molecular weight excluding hydrogens is 394 g/mol. The van der Waals surface area contributed by atoms with Crippen molar-refractivity contribution in [3.63, 3.8) is 0 Å². The van der Waals surface area contributed by atoms with Gasteiger partial charge in [-0.3, -0.25) is 14.1 Å². The SMILES string of the molecule is CCCCCCCCC(=O)Nc1cccc(OC(=O)CCCCC)c1S(=O)(=O)O. The van der Waals surface area contributed by atoms with E-state index in [0.717, 1.165) is 38.5 Å². The molecule has 0 saturated carbocycles. The molecule has 8 heteroatoms. The van der Waals surface area contributed by atoms with Gasteiger partial charge in [0.05, 0.1) is 5.69 Å². The van der Waals surface area contributed by atoms with Gasteiger partial charge in [-0.25, -0.2) is 0 Å². The molecule has 0 fully saturated rings. The Labute approximate surface area is 174 Å². The van der Waals surface area contributed by atoms with Gasteiger partial charge in [0.15, 0.2) is 10.6 Å². The molecule has 0 radical (unpaired) electrons. The van der Waals surface area contributed by atoms with Crippen LogP contribution in [0.5, 0.6) is 5.75 Å². The van der Waals surface area contributed by atoms with Crippen LogP contribution in [0.25, 0.3) is 0 Å². The fraction of sp³-hybridized carbons (Fsp3) is 0.619. The zero-order valence-corrected chi connectivity index (χ0v) is 18.2. The first-order valence-corrected chi connectivity index (χ1v) is 11.8. The molecule has 0 aromatic heterocycles. The van der Waals surface area contributed by atoms with E-state index in [1.54, 1.807) is 0 Å². The van der Waals surface area contributed by atoms with Gasteiger partial charge in [-0.15, -0.1) is 0 Å². The molecular formula is C21H33NO6S. The quantitative estimate of drug-likeness (QED) is 0.185. The highest BCUT2D eigenvalue weighted by Gasteiger charge is 2.24. The molecule has 164 valence electrons. The van der Waals surface area contributed by atoms with Gasteiger partial charge < -0.3 is 10.1 Å². The molecule has 0 atom stereocenters. The highest BCUT2D eigenvalue weighted by atomic mass is 32.2. The first kappa shape index (κ1) is 25.1. The molecule has 0 aliphatic rings. The summed E-state index contributed by atoms with van der Waals surface area (Å²) in [5.74, 6) is -1.22. The van der Waals surface area contributed by atoms with Crippen LogP contribution in [0.2, 0.25) is 0 Å². The lowest BCUT2D eigenvalue weighted by atomic mass is 10.1. The van der Waals surface area contributed by atoms with Gasteiger partial charge in [-0.2, -0.15) is 8.42 Å². The Kier molecular flexibility index (Phi) is 11.5. The van der Waals surface area contributed by atoms with Crippen molar-refractivity contribution < 1.29 is 27.3 Å². The van der Waals surface area contributed by atoms with Crippen LogP contribution in [0.3, 0.4) is 0 Å². The van der Waals surface area contributed by atoms with Crippen LogP contribution in [0.1, 0.15) is 84.5 Å². The average Bonchev–Trinajstić information content (AvgIpc) is 2.64. The molecule has 7 nitrogen and oxygen atoms in total. The molecule has 29 heavy (non-hydrogen) atoms. The topological polar surface area (TPSA) is 110 Å². The number of rotatable bonds is 14. The lowest BCUT2D eigenvalue weighted by Crippen LogP contribution is -2.16. The zero-order chi connectivity index (χ0) is 21.7. The van der Waals surface area contributed by atoms with Crippen molar-refractivity contribution in [2.24, 2.45) is 0 Å². The van der Waals surface area contributed by atoms with Crippen LogP contribution in [-0.2, 0) is 19.7 Å². The summed E-state index contributed by atoms with van der Waals surface area (Å²) in [4.78, 5) is 23.6. The number of unbranched alkanes of at least 4 members (excludes halogenated alkanes) is 7. The number of carbonyl (C=O) groups excluding carboxylic acids is 2. The third kappa shape index (κ3) is 9.89. The number of ether oxygens (including phenoxy) is 1. The second-order valence-electron chi connectivity index (χ2n) is 7.11. The van der Waals surface area contributed by atoms with Crippen molar-refractivity contribution in [3.8, 4) is 5.75 Å². The van der Waals surface area contributed by atoms with Gasteiger partial charge in [0.1, 0.15) is 0 Å². The maximum absolute atomic E-state index is 12.2. The van der Waals surface area contributed by atoms with E-state index in [1.807, 2.05) is 6.92 Å². The molecule has 0 aliphatic carbocycles. The number of nitrogens with one attached hydrogen (secondary N) is 1. The van der Waals surface area contributed by atoms with Crippen LogP contribution in [0.4, 0.5) is 5.69 Å². The Morgan fingerprint density at radius 3 is 2.17 bits per heavy atom. The first-order chi connectivity index (χ1) is 13.8. The predicted octanol–water partition coefficient (Wildman–Crippen LogP) is 5.11. The Bertz CT molecular complexity index is 760. The van der Waals surface area contributed by atoms with Crippen molar-refractivity contribution in [2.75, 3.05) is 5.32 Å². The first-order valence-electron chi connectivity index (χ1n) is 10.4.